The van der Waals surface area contributed by atoms with Crippen LogP contribution in [0.5, 0.6) is 11.5 Å². The lowest BCUT2D eigenvalue weighted by molar-refractivity contribution is -0.136. The molecular formula is C10H9ClO4. The molecule has 1 aliphatic rings. The topological polar surface area (TPSA) is 55.8 Å². The van der Waals surface area contributed by atoms with E-state index in [0.717, 1.165) is 0 Å². The highest BCUT2D eigenvalue weighted by Crippen LogP contribution is 2.39. The fourth-order valence-corrected chi connectivity index (χ4v) is 1.70. The van der Waals surface area contributed by atoms with Crippen molar-refractivity contribution in [2.24, 2.45) is 0 Å². The van der Waals surface area contributed by atoms with Gasteiger partial charge in [-0.3, -0.25) is 4.79 Å². The van der Waals surface area contributed by atoms with Gasteiger partial charge in [-0.25, -0.2) is 0 Å². The molecule has 0 saturated heterocycles. The van der Waals surface area contributed by atoms with Crippen LogP contribution in [0.2, 0.25) is 5.02 Å². The Hall–Kier alpha value is -1.42. The summed E-state index contributed by atoms with van der Waals surface area (Å²) >= 11 is 6.00. The van der Waals surface area contributed by atoms with Gasteiger partial charge < -0.3 is 14.6 Å². The van der Waals surface area contributed by atoms with Crippen molar-refractivity contribution in [1.29, 1.82) is 0 Å². The third kappa shape index (κ3) is 1.99. The summed E-state index contributed by atoms with van der Waals surface area (Å²) in [5, 5.41) is 8.99. The lowest BCUT2D eigenvalue weighted by Gasteiger charge is -2.20. The van der Waals surface area contributed by atoms with Crippen molar-refractivity contribution in [3.05, 3.63) is 22.7 Å². The van der Waals surface area contributed by atoms with Crippen molar-refractivity contribution in [3.8, 4) is 11.5 Å². The van der Waals surface area contributed by atoms with E-state index in [-0.39, 0.29) is 6.42 Å². The third-order valence-corrected chi connectivity index (χ3v) is 2.48. The van der Waals surface area contributed by atoms with Gasteiger partial charge in [0, 0.05) is 0 Å². The normalized spacial score (nSPS) is 13.7. The van der Waals surface area contributed by atoms with Gasteiger partial charge in [-0.15, -0.1) is 0 Å². The highest BCUT2D eigenvalue weighted by molar-refractivity contribution is 6.33. The summed E-state index contributed by atoms with van der Waals surface area (Å²) in [5.41, 5.74) is 0.536. The molecule has 0 fully saturated rings. The van der Waals surface area contributed by atoms with Gasteiger partial charge in [0.25, 0.3) is 0 Å². The van der Waals surface area contributed by atoms with Crippen molar-refractivity contribution in [3.63, 3.8) is 0 Å². The van der Waals surface area contributed by atoms with Crippen LogP contribution in [-0.2, 0) is 11.2 Å². The minimum absolute atomic E-state index is 0.116. The molecule has 1 heterocycles. The third-order valence-electron chi connectivity index (χ3n) is 2.07. The van der Waals surface area contributed by atoms with E-state index in [1.807, 2.05) is 0 Å². The Labute approximate surface area is 91.4 Å². The Kier molecular flexibility index (Phi) is 2.68. The number of ether oxygens (including phenoxy) is 2. The first-order valence-electron chi connectivity index (χ1n) is 4.47. The van der Waals surface area contributed by atoms with Crippen LogP contribution in [0.15, 0.2) is 12.1 Å². The molecule has 0 unspecified atom stereocenters. The van der Waals surface area contributed by atoms with Gasteiger partial charge in [0.05, 0.1) is 11.4 Å². The van der Waals surface area contributed by atoms with E-state index >= 15 is 0 Å². The first-order valence-corrected chi connectivity index (χ1v) is 4.85. The maximum atomic E-state index is 10.6. The fraction of sp³-hybridized carbons (Fsp3) is 0.300. The van der Waals surface area contributed by atoms with E-state index in [1.165, 1.54) is 0 Å². The summed E-state index contributed by atoms with van der Waals surface area (Å²) in [6, 6.07) is 3.32. The van der Waals surface area contributed by atoms with Crippen LogP contribution in [0.3, 0.4) is 0 Å². The van der Waals surface area contributed by atoms with E-state index in [1.54, 1.807) is 12.1 Å². The van der Waals surface area contributed by atoms with Crippen LogP contribution in [0, 0.1) is 0 Å². The standard InChI is InChI=1S/C10H9ClO4/c11-9-6(5-8(12)13)1-2-7-10(9)15-4-3-14-7/h1-2H,3-5H2,(H,12,13). The molecule has 4 nitrogen and oxygen atoms in total. The largest absolute Gasteiger partial charge is 0.486 e. The molecule has 0 atom stereocenters. The summed E-state index contributed by atoms with van der Waals surface area (Å²) in [7, 11) is 0. The van der Waals surface area contributed by atoms with Crippen molar-refractivity contribution in [2.75, 3.05) is 13.2 Å². The van der Waals surface area contributed by atoms with Gasteiger partial charge in [-0.1, -0.05) is 17.7 Å². The minimum atomic E-state index is -0.923. The first kappa shape index (κ1) is 10.1. The number of halogens is 1. The Morgan fingerprint density at radius 3 is 2.87 bits per heavy atom. The summed E-state index contributed by atoms with van der Waals surface area (Å²) < 4.78 is 10.6. The molecule has 5 heteroatoms. The summed E-state index contributed by atoms with van der Waals surface area (Å²) in [6.07, 6.45) is -0.116. The van der Waals surface area contributed by atoms with Gasteiger partial charge in [0.1, 0.15) is 13.2 Å². The molecule has 0 aliphatic carbocycles. The van der Waals surface area contributed by atoms with Crippen LogP contribution < -0.4 is 9.47 Å². The molecule has 0 spiro atoms. The zero-order valence-corrected chi connectivity index (χ0v) is 8.58. The molecule has 1 N–H and O–H groups in total. The molecule has 15 heavy (non-hydrogen) atoms. The molecular weight excluding hydrogens is 220 g/mol. The van der Waals surface area contributed by atoms with E-state index in [9.17, 15) is 4.79 Å². The minimum Gasteiger partial charge on any atom is -0.486 e. The SMILES string of the molecule is O=C(O)Cc1ccc2c(c1Cl)OCCO2. The lowest BCUT2D eigenvalue weighted by Crippen LogP contribution is -2.16. The predicted molar refractivity (Wildman–Crippen MR) is 53.8 cm³/mol. The van der Waals surface area contributed by atoms with Gasteiger partial charge in [-0.2, -0.15) is 0 Å². The molecule has 1 aromatic rings. The van der Waals surface area contributed by atoms with E-state index in [2.05, 4.69) is 0 Å². The molecule has 1 aromatic carbocycles. The van der Waals surface area contributed by atoms with Gasteiger partial charge in [0.15, 0.2) is 11.5 Å². The first-order chi connectivity index (χ1) is 7.18. The van der Waals surface area contributed by atoms with Crippen LogP contribution >= 0.6 is 11.6 Å². The highest BCUT2D eigenvalue weighted by Gasteiger charge is 2.18. The number of carboxylic acid groups (broad SMARTS) is 1. The van der Waals surface area contributed by atoms with Gasteiger partial charge >= 0.3 is 5.97 Å². The number of hydrogen-bond acceptors (Lipinski definition) is 3. The van der Waals surface area contributed by atoms with Crippen LogP contribution in [-0.4, -0.2) is 24.3 Å². The number of hydrogen-bond donors (Lipinski definition) is 1. The molecule has 2 rings (SSSR count). The zero-order chi connectivity index (χ0) is 10.8. The second kappa shape index (κ2) is 3.98. The smallest absolute Gasteiger partial charge is 0.307 e. The molecule has 0 aromatic heterocycles. The number of carbonyl (C=O) groups is 1. The molecule has 1 aliphatic heterocycles. The summed E-state index contributed by atoms with van der Waals surface area (Å²) in [4.78, 5) is 10.6. The van der Waals surface area contributed by atoms with E-state index in [4.69, 9.17) is 26.2 Å². The number of fused-ring (bicyclic) bond motifs is 1. The van der Waals surface area contributed by atoms with E-state index in [0.29, 0.717) is 35.3 Å². The lowest BCUT2D eigenvalue weighted by atomic mass is 10.1. The monoisotopic (exact) mass is 228 g/mol. The molecule has 0 radical (unpaired) electrons. The Bertz CT molecular complexity index is 403. The Morgan fingerprint density at radius 2 is 2.13 bits per heavy atom. The fourth-order valence-electron chi connectivity index (χ4n) is 1.42. The van der Waals surface area contributed by atoms with Gasteiger partial charge in [0.2, 0.25) is 0 Å². The maximum absolute atomic E-state index is 10.6. The summed E-state index contributed by atoms with van der Waals surface area (Å²) in [6.45, 7) is 0.921. The van der Waals surface area contributed by atoms with Crippen LogP contribution in [0.4, 0.5) is 0 Å². The number of benzene rings is 1. The number of rotatable bonds is 2. The van der Waals surface area contributed by atoms with Crippen molar-refractivity contribution < 1.29 is 19.4 Å². The van der Waals surface area contributed by atoms with Crippen molar-refractivity contribution >= 4 is 17.6 Å². The molecule has 0 saturated carbocycles. The average molecular weight is 229 g/mol. The van der Waals surface area contributed by atoms with Gasteiger partial charge in [-0.05, 0) is 11.6 Å². The molecule has 80 valence electrons. The maximum Gasteiger partial charge on any atom is 0.307 e. The number of carboxylic acids is 1. The Morgan fingerprint density at radius 1 is 1.40 bits per heavy atom. The molecule has 0 bridgehead atoms. The molecule has 0 amide bonds. The van der Waals surface area contributed by atoms with Crippen molar-refractivity contribution in [1.82, 2.24) is 0 Å². The second-order valence-corrected chi connectivity index (χ2v) is 3.51. The van der Waals surface area contributed by atoms with E-state index < -0.39 is 5.97 Å². The summed E-state index contributed by atoms with van der Waals surface area (Å²) in [5.74, 6) is 0.0932. The quantitative estimate of drug-likeness (QED) is 0.838. The Balaban J connectivity index is 2.38. The number of aliphatic carboxylic acids is 1. The van der Waals surface area contributed by atoms with Crippen molar-refractivity contribution in [2.45, 2.75) is 6.42 Å². The average Bonchev–Trinajstić information content (AvgIpc) is 2.22. The zero-order valence-electron chi connectivity index (χ0n) is 7.83. The predicted octanol–water partition coefficient (Wildman–Crippen LogP) is 1.74. The highest BCUT2D eigenvalue weighted by atomic mass is 35.5. The van der Waals surface area contributed by atoms with Crippen LogP contribution in [0.25, 0.3) is 0 Å². The second-order valence-electron chi connectivity index (χ2n) is 3.13. The van der Waals surface area contributed by atoms with Crippen LogP contribution in [0.1, 0.15) is 5.56 Å².